The third-order valence-corrected chi connectivity index (χ3v) is 3.59. The van der Waals surface area contributed by atoms with Gasteiger partial charge in [-0.1, -0.05) is 6.07 Å². The third kappa shape index (κ3) is 2.08. The minimum atomic E-state index is 0.262. The Hall–Kier alpha value is -2.21. The average molecular weight is 286 g/mol. The third-order valence-electron chi connectivity index (χ3n) is 3.41. The minimum Gasteiger partial charge on any atom is -0.409 e. The van der Waals surface area contributed by atoms with Crippen molar-refractivity contribution in [2.24, 2.45) is 0 Å². The van der Waals surface area contributed by atoms with E-state index in [9.17, 15) is 0 Å². The Morgan fingerprint density at radius 3 is 2.65 bits per heavy atom. The number of nitrogens with zero attached hydrogens (tertiary/aromatic N) is 3. The normalized spacial score (nSPS) is 10.9. The lowest BCUT2D eigenvalue weighted by molar-refractivity contribution is 0.551. The number of H-pyrrole nitrogens is 1. The topological polar surface area (TPSA) is 59.6 Å². The average Bonchev–Trinajstić information content (AvgIpc) is 2.99. The van der Waals surface area contributed by atoms with Crippen LogP contribution in [0.1, 0.15) is 16.8 Å². The van der Waals surface area contributed by atoms with Gasteiger partial charge in [-0.15, -0.1) is 5.10 Å². The van der Waals surface area contributed by atoms with Gasteiger partial charge in [-0.2, -0.15) is 5.10 Å². The van der Waals surface area contributed by atoms with Crippen molar-refractivity contribution in [2.45, 2.75) is 20.8 Å². The summed E-state index contributed by atoms with van der Waals surface area (Å²) < 4.78 is 7.21. The lowest BCUT2D eigenvalue weighted by atomic mass is 10.1. The van der Waals surface area contributed by atoms with Gasteiger partial charge in [-0.05, 0) is 56.2 Å². The van der Waals surface area contributed by atoms with E-state index in [4.69, 9.17) is 16.6 Å². The number of hydrogen-bond donors (Lipinski definition) is 1. The molecule has 0 aliphatic rings. The van der Waals surface area contributed by atoms with Crippen LogP contribution in [0.2, 0.25) is 0 Å². The Balaban J connectivity index is 2.10. The van der Waals surface area contributed by atoms with E-state index < -0.39 is 0 Å². The molecule has 3 rings (SSSR count). The summed E-state index contributed by atoms with van der Waals surface area (Å²) in [7, 11) is 0. The predicted molar refractivity (Wildman–Crippen MR) is 78.5 cm³/mol. The molecule has 0 fully saturated rings. The van der Waals surface area contributed by atoms with E-state index in [0.717, 1.165) is 16.9 Å². The van der Waals surface area contributed by atoms with Crippen LogP contribution in [0.15, 0.2) is 28.8 Å². The molecule has 0 saturated heterocycles. The standard InChI is InChI=1S/C14H14N4OS/c1-8-4-5-11(6-9(8)2)18-10(3)12(7-15-18)13-16-17-14(20)19-13/h4-7H,1-3H3,(H,17,20). The zero-order valence-electron chi connectivity index (χ0n) is 11.5. The number of nitrogens with one attached hydrogen (secondary N) is 1. The number of aromatic amines is 1. The first-order chi connectivity index (χ1) is 9.56. The first-order valence-electron chi connectivity index (χ1n) is 6.24. The zero-order valence-corrected chi connectivity index (χ0v) is 12.3. The largest absolute Gasteiger partial charge is 0.409 e. The van der Waals surface area contributed by atoms with E-state index in [1.54, 1.807) is 6.20 Å². The molecule has 0 aliphatic carbocycles. The van der Waals surface area contributed by atoms with Gasteiger partial charge in [0.15, 0.2) is 0 Å². The Kier molecular flexibility index (Phi) is 3.02. The SMILES string of the molecule is Cc1ccc(-n2ncc(-c3n[nH]c(=S)o3)c2C)cc1C. The fourth-order valence-corrected chi connectivity index (χ4v) is 2.21. The molecule has 1 aromatic carbocycles. The highest BCUT2D eigenvalue weighted by Crippen LogP contribution is 2.24. The predicted octanol–water partition coefficient (Wildman–Crippen LogP) is 3.51. The molecule has 6 heteroatoms. The van der Waals surface area contributed by atoms with Crippen LogP contribution in [0.4, 0.5) is 0 Å². The van der Waals surface area contributed by atoms with Crippen molar-refractivity contribution in [3.05, 3.63) is 46.1 Å². The Labute approximate surface area is 121 Å². The quantitative estimate of drug-likeness (QED) is 0.732. The maximum atomic E-state index is 5.34. The van der Waals surface area contributed by atoms with Crippen LogP contribution in [0.3, 0.4) is 0 Å². The van der Waals surface area contributed by atoms with Crippen LogP contribution in [0.5, 0.6) is 0 Å². The second-order valence-corrected chi connectivity index (χ2v) is 5.11. The van der Waals surface area contributed by atoms with Gasteiger partial charge >= 0.3 is 0 Å². The molecule has 0 spiro atoms. The molecule has 3 aromatic rings. The van der Waals surface area contributed by atoms with Gasteiger partial charge in [0.05, 0.1) is 23.1 Å². The van der Waals surface area contributed by atoms with Gasteiger partial charge < -0.3 is 4.42 Å². The van der Waals surface area contributed by atoms with Crippen LogP contribution in [0, 0.1) is 25.6 Å². The van der Waals surface area contributed by atoms with Crippen LogP contribution in [-0.4, -0.2) is 20.0 Å². The van der Waals surface area contributed by atoms with Gasteiger partial charge in [0.2, 0.25) is 5.89 Å². The molecule has 2 heterocycles. The van der Waals surface area contributed by atoms with Crippen molar-refractivity contribution >= 4 is 12.2 Å². The summed E-state index contributed by atoms with van der Waals surface area (Å²) in [6.07, 6.45) is 1.74. The van der Waals surface area contributed by atoms with Crippen LogP contribution in [-0.2, 0) is 0 Å². The van der Waals surface area contributed by atoms with Crippen LogP contribution < -0.4 is 0 Å². The number of aromatic nitrogens is 4. The molecule has 0 radical (unpaired) electrons. The zero-order chi connectivity index (χ0) is 14.3. The molecule has 20 heavy (non-hydrogen) atoms. The molecular weight excluding hydrogens is 272 g/mol. The van der Waals surface area contributed by atoms with Crippen molar-refractivity contribution in [3.8, 4) is 17.1 Å². The molecule has 0 amide bonds. The van der Waals surface area contributed by atoms with Gasteiger partial charge in [-0.3, -0.25) is 0 Å². The number of hydrogen-bond acceptors (Lipinski definition) is 4. The molecule has 0 atom stereocenters. The molecule has 0 unspecified atom stereocenters. The molecule has 2 aromatic heterocycles. The first kappa shape index (κ1) is 12.8. The summed E-state index contributed by atoms with van der Waals surface area (Å²) >= 11 is 4.90. The van der Waals surface area contributed by atoms with Gasteiger partial charge in [0.1, 0.15) is 0 Å². The fourth-order valence-electron chi connectivity index (χ4n) is 2.08. The van der Waals surface area contributed by atoms with E-state index in [1.807, 2.05) is 17.7 Å². The van der Waals surface area contributed by atoms with E-state index in [1.165, 1.54) is 11.1 Å². The molecule has 1 N–H and O–H groups in total. The van der Waals surface area contributed by atoms with E-state index in [0.29, 0.717) is 5.89 Å². The van der Waals surface area contributed by atoms with Crippen molar-refractivity contribution in [3.63, 3.8) is 0 Å². The number of rotatable bonds is 2. The van der Waals surface area contributed by atoms with Gasteiger partial charge in [-0.25, -0.2) is 9.78 Å². The van der Waals surface area contributed by atoms with E-state index >= 15 is 0 Å². The van der Waals surface area contributed by atoms with Crippen molar-refractivity contribution < 1.29 is 4.42 Å². The summed E-state index contributed by atoms with van der Waals surface area (Å²) in [6.45, 7) is 6.16. The van der Waals surface area contributed by atoms with E-state index in [2.05, 4.69) is 41.3 Å². The minimum absolute atomic E-state index is 0.262. The summed E-state index contributed by atoms with van der Waals surface area (Å²) in [5.74, 6) is 0.461. The second kappa shape index (κ2) is 4.72. The first-order valence-corrected chi connectivity index (χ1v) is 6.65. The van der Waals surface area contributed by atoms with Gasteiger partial charge in [0.25, 0.3) is 4.84 Å². The Morgan fingerprint density at radius 2 is 2.00 bits per heavy atom. The van der Waals surface area contributed by atoms with Gasteiger partial charge in [0, 0.05) is 0 Å². The summed E-state index contributed by atoms with van der Waals surface area (Å²) in [4.78, 5) is 0.262. The molecule has 0 bridgehead atoms. The Morgan fingerprint density at radius 1 is 1.20 bits per heavy atom. The fraction of sp³-hybridized carbons (Fsp3) is 0.214. The monoisotopic (exact) mass is 286 g/mol. The highest BCUT2D eigenvalue weighted by molar-refractivity contribution is 7.71. The molecular formula is C14H14N4OS. The van der Waals surface area contributed by atoms with E-state index in [-0.39, 0.29) is 4.84 Å². The maximum absolute atomic E-state index is 5.34. The summed E-state index contributed by atoms with van der Waals surface area (Å²) in [6, 6.07) is 6.25. The number of aryl methyl sites for hydroxylation is 2. The Bertz CT molecular complexity index is 828. The molecule has 0 saturated carbocycles. The molecule has 5 nitrogen and oxygen atoms in total. The second-order valence-electron chi connectivity index (χ2n) is 4.74. The molecule has 102 valence electrons. The van der Waals surface area contributed by atoms with Crippen LogP contribution in [0.25, 0.3) is 17.1 Å². The molecule has 0 aliphatic heterocycles. The number of benzene rings is 1. The van der Waals surface area contributed by atoms with Crippen molar-refractivity contribution in [2.75, 3.05) is 0 Å². The highest BCUT2D eigenvalue weighted by Gasteiger charge is 2.14. The smallest absolute Gasteiger partial charge is 0.284 e. The summed E-state index contributed by atoms with van der Waals surface area (Å²) in [5.41, 5.74) is 5.30. The maximum Gasteiger partial charge on any atom is 0.284 e. The van der Waals surface area contributed by atoms with Crippen molar-refractivity contribution in [1.82, 2.24) is 20.0 Å². The highest BCUT2D eigenvalue weighted by atomic mass is 32.1. The van der Waals surface area contributed by atoms with Crippen LogP contribution >= 0.6 is 12.2 Å². The van der Waals surface area contributed by atoms with Crippen molar-refractivity contribution in [1.29, 1.82) is 0 Å². The lowest BCUT2D eigenvalue weighted by Crippen LogP contribution is -1.99. The lowest BCUT2D eigenvalue weighted by Gasteiger charge is -2.07. The summed E-state index contributed by atoms with van der Waals surface area (Å²) in [5, 5.41) is 11.1.